The molecule has 0 saturated carbocycles. The van der Waals surface area contributed by atoms with Crippen LogP contribution >= 0.6 is 0 Å². The maximum atomic E-state index is 10.4. The number of carbonyl (C=O) groups excluding carboxylic acids is 1. The van der Waals surface area contributed by atoms with Crippen LogP contribution in [0.4, 0.5) is 0 Å². The third kappa shape index (κ3) is 1.09. The molecule has 0 radical (unpaired) electrons. The van der Waals surface area contributed by atoms with Gasteiger partial charge in [0.15, 0.2) is 0 Å². The Hall–Kier alpha value is -1.64. The zero-order valence-corrected chi connectivity index (χ0v) is 6.47. The second-order valence-corrected chi connectivity index (χ2v) is 2.67. The first-order chi connectivity index (χ1) is 5.90. The van der Waals surface area contributed by atoms with Crippen LogP contribution in [0.5, 0.6) is 0 Å². The highest BCUT2D eigenvalue weighted by Gasteiger charge is 2.08. The maximum absolute atomic E-state index is 10.4. The van der Waals surface area contributed by atoms with Gasteiger partial charge in [0.05, 0.1) is 6.54 Å². The van der Waals surface area contributed by atoms with E-state index in [-0.39, 0.29) is 0 Å². The van der Waals surface area contributed by atoms with E-state index in [9.17, 15) is 4.79 Å². The van der Waals surface area contributed by atoms with Crippen molar-refractivity contribution in [2.24, 2.45) is 0 Å². The SMILES string of the molecule is O=CN1C=Cc2ccncc2C1. The van der Waals surface area contributed by atoms with Crippen molar-refractivity contribution in [2.45, 2.75) is 6.54 Å². The topological polar surface area (TPSA) is 33.2 Å². The van der Waals surface area contributed by atoms with Gasteiger partial charge in [0.2, 0.25) is 6.41 Å². The first-order valence-electron chi connectivity index (χ1n) is 3.72. The molecule has 0 aromatic carbocycles. The Morgan fingerprint density at radius 2 is 2.50 bits per heavy atom. The summed E-state index contributed by atoms with van der Waals surface area (Å²) < 4.78 is 0. The Labute approximate surface area is 70.3 Å². The van der Waals surface area contributed by atoms with Crippen LogP contribution in [0.15, 0.2) is 24.7 Å². The van der Waals surface area contributed by atoms with E-state index in [2.05, 4.69) is 4.98 Å². The molecule has 0 spiro atoms. The number of hydrogen-bond acceptors (Lipinski definition) is 2. The summed E-state index contributed by atoms with van der Waals surface area (Å²) in [5.74, 6) is 0. The lowest BCUT2D eigenvalue weighted by atomic mass is 10.1. The molecular formula is C9H8N2O. The highest BCUT2D eigenvalue weighted by atomic mass is 16.1. The van der Waals surface area contributed by atoms with E-state index < -0.39 is 0 Å². The maximum Gasteiger partial charge on any atom is 0.213 e. The zero-order valence-electron chi connectivity index (χ0n) is 6.47. The van der Waals surface area contributed by atoms with Gasteiger partial charge in [-0.2, -0.15) is 0 Å². The summed E-state index contributed by atoms with van der Waals surface area (Å²) in [6.07, 6.45) is 8.03. The van der Waals surface area contributed by atoms with Crippen LogP contribution in [0.25, 0.3) is 6.08 Å². The van der Waals surface area contributed by atoms with E-state index in [1.165, 1.54) is 0 Å². The van der Waals surface area contributed by atoms with E-state index in [0.29, 0.717) is 6.54 Å². The standard InChI is InChI=1S/C9H8N2O/c12-7-11-4-2-8-1-3-10-5-9(8)6-11/h1-5,7H,6H2. The number of hydrogen-bond donors (Lipinski definition) is 0. The van der Waals surface area contributed by atoms with Crippen LogP contribution in [-0.2, 0) is 11.3 Å². The monoisotopic (exact) mass is 160 g/mol. The Bertz CT molecular complexity index is 333. The van der Waals surface area contributed by atoms with Crippen molar-refractivity contribution in [1.29, 1.82) is 0 Å². The van der Waals surface area contributed by atoms with Crippen molar-refractivity contribution in [3.05, 3.63) is 35.8 Å². The number of nitrogens with zero attached hydrogens (tertiary/aromatic N) is 2. The van der Waals surface area contributed by atoms with Gasteiger partial charge in [0, 0.05) is 18.6 Å². The van der Waals surface area contributed by atoms with Gasteiger partial charge in [-0.25, -0.2) is 0 Å². The smallest absolute Gasteiger partial charge is 0.213 e. The molecule has 0 saturated heterocycles. The van der Waals surface area contributed by atoms with Gasteiger partial charge in [-0.15, -0.1) is 0 Å². The van der Waals surface area contributed by atoms with Crippen molar-refractivity contribution in [3.8, 4) is 0 Å². The van der Waals surface area contributed by atoms with Gasteiger partial charge in [-0.05, 0) is 23.3 Å². The molecule has 1 amide bonds. The molecule has 1 aliphatic rings. The number of carbonyl (C=O) groups is 1. The summed E-state index contributed by atoms with van der Waals surface area (Å²) in [7, 11) is 0. The molecule has 1 aromatic heterocycles. The van der Waals surface area contributed by atoms with Gasteiger partial charge < -0.3 is 4.90 Å². The minimum absolute atomic E-state index is 0.628. The van der Waals surface area contributed by atoms with Crippen molar-refractivity contribution in [3.63, 3.8) is 0 Å². The van der Waals surface area contributed by atoms with Gasteiger partial charge >= 0.3 is 0 Å². The zero-order chi connectivity index (χ0) is 8.39. The molecule has 2 rings (SSSR count). The molecule has 0 fully saturated rings. The quantitative estimate of drug-likeness (QED) is 0.575. The van der Waals surface area contributed by atoms with Crippen LogP contribution in [-0.4, -0.2) is 16.3 Å². The van der Waals surface area contributed by atoms with E-state index >= 15 is 0 Å². The Kier molecular flexibility index (Phi) is 1.63. The average molecular weight is 160 g/mol. The molecule has 0 bridgehead atoms. The molecule has 3 heteroatoms. The molecule has 0 aliphatic carbocycles. The summed E-state index contributed by atoms with van der Waals surface area (Å²) in [5, 5.41) is 0. The summed E-state index contributed by atoms with van der Waals surface area (Å²) in [6, 6.07) is 1.94. The molecule has 2 heterocycles. The van der Waals surface area contributed by atoms with Crippen LogP contribution in [0.2, 0.25) is 0 Å². The normalized spacial score (nSPS) is 14.2. The number of aromatic nitrogens is 1. The van der Waals surface area contributed by atoms with Crippen molar-refractivity contribution in [2.75, 3.05) is 0 Å². The van der Waals surface area contributed by atoms with E-state index in [1.807, 2.05) is 12.1 Å². The average Bonchev–Trinajstić information content (AvgIpc) is 2.17. The summed E-state index contributed by atoms with van der Waals surface area (Å²) >= 11 is 0. The lowest BCUT2D eigenvalue weighted by Gasteiger charge is -2.18. The lowest BCUT2D eigenvalue weighted by Crippen LogP contribution is -2.17. The van der Waals surface area contributed by atoms with E-state index in [0.717, 1.165) is 17.5 Å². The third-order valence-electron chi connectivity index (χ3n) is 1.88. The molecule has 12 heavy (non-hydrogen) atoms. The highest BCUT2D eigenvalue weighted by molar-refractivity contribution is 5.61. The fourth-order valence-corrected chi connectivity index (χ4v) is 1.23. The molecule has 1 aliphatic heterocycles. The first kappa shape index (κ1) is 7.03. The van der Waals surface area contributed by atoms with Crippen LogP contribution < -0.4 is 0 Å². The lowest BCUT2D eigenvalue weighted by molar-refractivity contribution is -0.116. The van der Waals surface area contributed by atoms with E-state index in [4.69, 9.17) is 0 Å². The minimum Gasteiger partial charge on any atom is -0.317 e. The highest BCUT2D eigenvalue weighted by Crippen LogP contribution is 2.16. The van der Waals surface area contributed by atoms with Crippen LogP contribution in [0, 0.1) is 0 Å². The van der Waals surface area contributed by atoms with Crippen molar-refractivity contribution < 1.29 is 4.79 Å². The molecular weight excluding hydrogens is 152 g/mol. The molecule has 3 nitrogen and oxygen atoms in total. The predicted molar refractivity (Wildman–Crippen MR) is 44.9 cm³/mol. The Balaban J connectivity index is 2.39. The number of pyridine rings is 1. The van der Waals surface area contributed by atoms with Crippen LogP contribution in [0.1, 0.15) is 11.1 Å². The number of fused-ring (bicyclic) bond motifs is 1. The predicted octanol–water partition coefficient (Wildman–Crippen LogP) is 1.02. The first-order valence-corrected chi connectivity index (χ1v) is 3.72. The fraction of sp³-hybridized carbons (Fsp3) is 0.111. The van der Waals surface area contributed by atoms with Crippen molar-refractivity contribution >= 4 is 12.5 Å². The largest absolute Gasteiger partial charge is 0.317 e. The number of rotatable bonds is 1. The Morgan fingerprint density at radius 1 is 1.58 bits per heavy atom. The van der Waals surface area contributed by atoms with Crippen LogP contribution in [0.3, 0.4) is 0 Å². The number of amides is 1. The third-order valence-corrected chi connectivity index (χ3v) is 1.88. The molecule has 0 atom stereocenters. The van der Waals surface area contributed by atoms with Gasteiger partial charge in [0.25, 0.3) is 0 Å². The Morgan fingerprint density at radius 3 is 3.33 bits per heavy atom. The molecule has 0 unspecified atom stereocenters. The van der Waals surface area contributed by atoms with Gasteiger partial charge in [-0.3, -0.25) is 9.78 Å². The summed E-state index contributed by atoms with van der Waals surface area (Å²) in [4.78, 5) is 16.0. The fourth-order valence-electron chi connectivity index (χ4n) is 1.23. The second-order valence-electron chi connectivity index (χ2n) is 2.67. The summed E-state index contributed by atoms with van der Waals surface area (Å²) in [6.45, 7) is 0.628. The summed E-state index contributed by atoms with van der Waals surface area (Å²) in [5.41, 5.74) is 2.23. The molecule has 60 valence electrons. The second kappa shape index (κ2) is 2.77. The van der Waals surface area contributed by atoms with Gasteiger partial charge in [-0.1, -0.05) is 0 Å². The van der Waals surface area contributed by atoms with Gasteiger partial charge in [0.1, 0.15) is 0 Å². The molecule has 1 aromatic rings. The minimum atomic E-state index is 0.628. The van der Waals surface area contributed by atoms with Crippen molar-refractivity contribution in [1.82, 2.24) is 9.88 Å². The molecule has 0 N–H and O–H groups in total. The van der Waals surface area contributed by atoms with E-state index in [1.54, 1.807) is 23.5 Å².